The van der Waals surface area contributed by atoms with E-state index in [2.05, 4.69) is 312 Å². The summed E-state index contributed by atoms with van der Waals surface area (Å²) in [6.45, 7) is 10.8. The molecular weight excluding hydrogens is 1810 g/mol. The molecule has 6 aromatic rings. The molecule has 126 heavy (non-hydrogen) atoms. The number of carbonyl (C=O) groups is 6. The van der Waals surface area contributed by atoms with E-state index in [4.69, 9.17) is 0 Å². The van der Waals surface area contributed by atoms with Gasteiger partial charge in [0.05, 0.1) is 99.6 Å². The first-order chi connectivity index (χ1) is 61.4. The molecule has 0 spiro atoms. The average molecular weight is 1940 g/mol. The van der Waals surface area contributed by atoms with E-state index < -0.39 is 22.8 Å². The molecule has 14 rings (SSSR count). The number of amides is 8. The molecule has 8 atom stereocenters. The molecule has 20 nitrogen and oxygen atoms in total. The summed E-state index contributed by atoms with van der Waals surface area (Å²) >= 11 is 20.7. The number of nitrogens with zero attached hydrogens (tertiary/aromatic N) is 8. The number of thioether (sulfide) groups is 12. The van der Waals surface area contributed by atoms with Crippen LogP contribution in [0, 0.1) is 0 Å². The minimum atomic E-state index is -0.546. The fourth-order valence-corrected chi connectivity index (χ4v) is 22.7. The van der Waals surface area contributed by atoms with Crippen LogP contribution in [-0.4, -0.2) is 215 Å². The average Bonchev–Trinajstić information content (AvgIpc) is 1.70. The molecule has 4 aromatic heterocycles. The highest BCUT2D eigenvalue weighted by molar-refractivity contribution is 8.01. The van der Waals surface area contributed by atoms with E-state index in [9.17, 15) is 28.8 Å². The highest BCUT2D eigenvalue weighted by Crippen LogP contribution is 2.40. The van der Waals surface area contributed by atoms with Crippen LogP contribution in [0.25, 0.3) is 0 Å². The van der Waals surface area contributed by atoms with Gasteiger partial charge in [-0.05, 0) is 171 Å². The third kappa shape index (κ3) is 32.1. The summed E-state index contributed by atoms with van der Waals surface area (Å²) in [6.07, 6.45) is 80.9. The van der Waals surface area contributed by atoms with E-state index in [1.165, 1.54) is 103 Å². The van der Waals surface area contributed by atoms with E-state index >= 15 is 0 Å². The first-order valence-corrected chi connectivity index (χ1v) is 57.8. The Kier molecular flexibility index (Phi) is 47.0. The van der Waals surface area contributed by atoms with E-state index in [1.54, 1.807) is 92.9 Å². The zero-order chi connectivity index (χ0) is 90.0. The molecule has 12 heterocycles. The highest BCUT2D eigenvalue weighted by atomic mass is 32.2. The van der Waals surface area contributed by atoms with Crippen molar-refractivity contribution >= 4 is 177 Å². The topological polar surface area (TPSA) is 173 Å². The van der Waals surface area contributed by atoms with Gasteiger partial charge in [-0.15, -0.1) is 70.6 Å². The third-order valence-electron chi connectivity index (χ3n) is 22.1. The standard InChI is InChI=1S/C23H26N2O2S2.C15H22N2S2.C15H20N2S2.C15H22N2S2.C15H20N2S2.C11H16N4O4S2/c1-28-22-18-10-5-3-8-16(18)14-20(26)24(22)12-7-13-25-21(27)15-17-9-4-6-11-19(17)23(25)29-2;2*1-18-14-4-10-16(11-5-14)8-3-9-17-12-6-15(19-2)7-13-17;2*1-18-14-8-3-5-10-16(14)12-7-13-17-11-6-4-9-15(17)19-2;1-20-6-8(16)14(10(18)12-6)4-3-5-15-9(17)7(21-2)13-11(15)19/h3-6,8-11,22-23H,7,12-15H2,1-2H3;4-7,10-15H,3,8-9H2,1-2H3;4-7,10-13H,3,8-9H2,1-2H3;3-6,8-11,14-15H,7,12-13H2,1-2H3;3-6,8-11H,7,12-13H2,1-2H3;6-7H,3-5H2,1-2H3,(H,12,18)(H,13,19)/q;;+2;;+2;/p+4. The Labute approximate surface area is 800 Å². The minimum absolute atomic E-state index is 0.0570. The summed E-state index contributed by atoms with van der Waals surface area (Å²) in [7, 11) is 0. The Balaban J connectivity index is 0.000000172. The fraction of sp³-hybridized carbons (Fsp3) is 0.426. The van der Waals surface area contributed by atoms with Crippen molar-refractivity contribution < 1.29 is 66.6 Å². The molecule has 8 aliphatic heterocycles. The molecule has 0 aliphatic carbocycles. The van der Waals surface area contributed by atoms with Crippen molar-refractivity contribution in [1.29, 1.82) is 0 Å². The number of pyridine rings is 4. The van der Waals surface area contributed by atoms with E-state index in [0.717, 1.165) is 66.4 Å². The van der Waals surface area contributed by atoms with Gasteiger partial charge in [0.2, 0.25) is 21.9 Å². The lowest BCUT2D eigenvalue weighted by Gasteiger charge is -2.39. The quantitative estimate of drug-likeness (QED) is 0.0124. The SMILES string of the molecule is CSC1C=CC=C[NH+]1CCC[NH+]1C=CC=CC1SC.CSC1C=C[NH+](CCC[NH+]2C=CC(SC)C=C2)C=C1.CSC1NC(=O)N(CCCN2C(=O)NC(SC)C2=O)C1=O.CSC1c2ccccc2CC(=O)N1CCCN1C(=O)Cc2ccccc2C1SC.CSc1cc[n+](CCC[n+]2ccc(SC)cc2)cc1.CSc1cccc[n+]1CCC[n+]1ccccc1SC. The lowest BCUT2D eigenvalue weighted by atomic mass is 9.98. The van der Waals surface area contributed by atoms with Gasteiger partial charge in [-0.1, -0.05) is 108 Å². The Morgan fingerprint density at radius 2 is 0.738 bits per heavy atom. The first-order valence-electron chi connectivity index (χ1n) is 42.6. The van der Waals surface area contributed by atoms with Gasteiger partial charge in [-0.25, -0.2) is 18.7 Å². The highest BCUT2D eigenvalue weighted by Gasteiger charge is 2.41. The molecule has 0 bridgehead atoms. The summed E-state index contributed by atoms with van der Waals surface area (Å²) in [5, 5.41) is 9.11. The van der Waals surface area contributed by atoms with Gasteiger partial charge in [0.15, 0.2) is 84.9 Å². The number of quaternary nitrogens is 4. The number of aryl methyl sites for hydroxylation is 4. The predicted octanol–water partition coefficient (Wildman–Crippen LogP) is 11.1. The Hall–Kier alpha value is -6.18. The van der Waals surface area contributed by atoms with Gasteiger partial charge >= 0.3 is 12.1 Å². The maximum Gasteiger partial charge on any atom is 0.325 e. The van der Waals surface area contributed by atoms with Gasteiger partial charge in [0.1, 0.15) is 10.7 Å². The van der Waals surface area contributed by atoms with Crippen LogP contribution in [0.2, 0.25) is 0 Å². The normalized spacial score (nSPS) is 22.3. The summed E-state index contributed by atoms with van der Waals surface area (Å²) in [4.78, 5) is 87.5. The number of urea groups is 2. The van der Waals surface area contributed by atoms with E-state index in [0.29, 0.717) is 53.6 Å². The number of nitrogens with one attached hydrogen (secondary N) is 6. The summed E-state index contributed by atoms with van der Waals surface area (Å²) in [6, 6.07) is 37.0. The second-order valence-electron chi connectivity index (χ2n) is 30.1. The van der Waals surface area contributed by atoms with Gasteiger partial charge < -0.3 is 20.4 Å². The van der Waals surface area contributed by atoms with Crippen LogP contribution in [0.5, 0.6) is 0 Å². The summed E-state index contributed by atoms with van der Waals surface area (Å²) in [5.74, 6) is -0.210. The van der Waals surface area contributed by atoms with Crippen LogP contribution in [0.4, 0.5) is 9.59 Å². The lowest BCUT2D eigenvalue weighted by molar-refractivity contribution is -0.872. The van der Waals surface area contributed by atoms with Crippen molar-refractivity contribution in [2.45, 2.75) is 140 Å². The van der Waals surface area contributed by atoms with Crippen molar-refractivity contribution in [1.82, 2.24) is 30.2 Å². The third-order valence-corrected chi connectivity index (χ3v) is 32.3. The number of benzene rings is 2. The molecule has 8 aliphatic rings. The molecule has 2 saturated heterocycles. The molecule has 2 aromatic carbocycles. The van der Waals surface area contributed by atoms with Gasteiger partial charge in [0.25, 0.3) is 11.8 Å². The maximum atomic E-state index is 12.8. The zero-order valence-electron chi connectivity index (χ0n) is 74.8. The van der Waals surface area contributed by atoms with Crippen LogP contribution in [-0.2, 0) is 58.2 Å². The molecule has 32 heteroatoms. The Bertz CT molecular complexity index is 4370. The number of imide groups is 2. The van der Waals surface area contributed by atoms with Gasteiger partial charge in [-0.2, -0.15) is 32.7 Å². The van der Waals surface area contributed by atoms with Crippen LogP contribution < -0.4 is 48.5 Å². The fourth-order valence-electron chi connectivity index (χ4n) is 15.3. The number of rotatable bonds is 36. The monoisotopic (exact) mass is 1930 g/mol. The second-order valence-corrected chi connectivity index (χ2v) is 41.2. The summed E-state index contributed by atoms with van der Waals surface area (Å²) < 4.78 is 9.15. The minimum Gasteiger partial charge on any atom is -0.326 e. The number of fused-ring (bicyclic) bond motifs is 2. The van der Waals surface area contributed by atoms with Crippen molar-refractivity contribution in [3.05, 3.63) is 267 Å². The lowest BCUT2D eigenvalue weighted by Crippen LogP contribution is -3.14. The number of hydrogen-bond acceptors (Lipinski definition) is 18. The van der Waals surface area contributed by atoms with E-state index in [1.807, 2.05) is 81.1 Å². The summed E-state index contributed by atoms with van der Waals surface area (Å²) in [5.41, 5.74) is 4.76. The number of carbonyl (C=O) groups excluding carboxylic acids is 6. The number of allylic oxidation sites excluding steroid dienone is 4. The van der Waals surface area contributed by atoms with Crippen LogP contribution >= 0.6 is 141 Å². The largest absolute Gasteiger partial charge is 0.326 e. The maximum absolute atomic E-state index is 12.8. The molecule has 676 valence electrons. The molecule has 6 N–H and O–H groups in total. The van der Waals surface area contributed by atoms with Crippen LogP contribution in [0.3, 0.4) is 0 Å². The van der Waals surface area contributed by atoms with E-state index in [-0.39, 0.29) is 47.5 Å². The molecule has 0 radical (unpaired) electrons. The second kappa shape index (κ2) is 57.2. The molecular formula is C94H130N14O6S12+8. The predicted molar refractivity (Wildman–Crippen MR) is 538 cm³/mol. The van der Waals surface area contributed by atoms with Crippen molar-refractivity contribution in [3.63, 3.8) is 0 Å². The molecule has 2 fully saturated rings. The molecule has 0 saturated carbocycles. The first kappa shape index (κ1) is 104. The van der Waals surface area contributed by atoms with Gasteiger partial charge in [0, 0.05) is 97.3 Å². The smallest absolute Gasteiger partial charge is 0.325 e. The number of hydrogen-bond donors (Lipinski definition) is 6. The van der Waals surface area contributed by atoms with Gasteiger partial charge in [-0.3, -0.25) is 48.6 Å². The number of aromatic nitrogens is 4. The van der Waals surface area contributed by atoms with Crippen molar-refractivity contribution in [3.8, 4) is 0 Å². The van der Waals surface area contributed by atoms with Crippen molar-refractivity contribution in [2.24, 2.45) is 0 Å². The Morgan fingerprint density at radius 3 is 1.10 bits per heavy atom. The zero-order valence-corrected chi connectivity index (χ0v) is 84.6. The molecule has 8 amide bonds. The van der Waals surface area contributed by atoms with Crippen LogP contribution in [0.1, 0.15) is 71.5 Å². The Morgan fingerprint density at radius 1 is 0.357 bits per heavy atom. The molecule has 8 unspecified atom stereocenters. The van der Waals surface area contributed by atoms with Crippen molar-refractivity contribution in [2.75, 3.05) is 127 Å². The van der Waals surface area contributed by atoms with Crippen LogP contribution in [0.15, 0.2) is 264 Å².